The molecule has 3 rings (SSSR count). The summed E-state index contributed by atoms with van der Waals surface area (Å²) in [5.41, 5.74) is 8.49. The van der Waals surface area contributed by atoms with Gasteiger partial charge < -0.3 is 11.1 Å². The van der Waals surface area contributed by atoms with E-state index in [0.29, 0.717) is 5.95 Å². The zero-order valence-corrected chi connectivity index (χ0v) is 11.6. The molecule has 1 aromatic carbocycles. The van der Waals surface area contributed by atoms with Gasteiger partial charge in [0.15, 0.2) is 0 Å². The molecule has 0 radical (unpaired) electrons. The van der Waals surface area contributed by atoms with Crippen molar-refractivity contribution < 1.29 is 0 Å². The van der Waals surface area contributed by atoms with E-state index in [4.69, 9.17) is 5.73 Å². The molecule has 1 atom stereocenters. The molecule has 5 heteroatoms. The molecule has 2 aromatic rings. The van der Waals surface area contributed by atoms with Crippen molar-refractivity contribution in [1.82, 2.24) is 15.0 Å². The van der Waals surface area contributed by atoms with Crippen LogP contribution in [0.5, 0.6) is 0 Å². The molecule has 5 nitrogen and oxygen atoms in total. The van der Waals surface area contributed by atoms with E-state index in [2.05, 4.69) is 44.5 Å². The highest BCUT2D eigenvalue weighted by molar-refractivity contribution is 5.40. The summed E-state index contributed by atoms with van der Waals surface area (Å²) >= 11 is 0. The van der Waals surface area contributed by atoms with Crippen LogP contribution < -0.4 is 11.1 Å². The Morgan fingerprint density at radius 3 is 2.95 bits per heavy atom. The van der Waals surface area contributed by atoms with Crippen LogP contribution in [0.25, 0.3) is 0 Å². The van der Waals surface area contributed by atoms with Gasteiger partial charge in [0.25, 0.3) is 0 Å². The van der Waals surface area contributed by atoms with Gasteiger partial charge in [-0.1, -0.05) is 31.2 Å². The smallest absolute Gasteiger partial charge is 0.228 e. The van der Waals surface area contributed by atoms with Crippen molar-refractivity contribution in [3.63, 3.8) is 0 Å². The van der Waals surface area contributed by atoms with E-state index in [1.54, 1.807) is 0 Å². The SMILES string of the molecule is CCc1nc(N)nc(N[C@@H]2CCCc3ccccc32)n1. The van der Waals surface area contributed by atoms with E-state index in [1.165, 1.54) is 17.5 Å². The fourth-order valence-electron chi connectivity index (χ4n) is 2.72. The van der Waals surface area contributed by atoms with Gasteiger partial charge in [-0.25, -0.2) is 0 Å². The van der Waals surface area contributed by atoms with Crippen molar-refractivity contribution in [2.45, 2.75) is 38.6 Å². The van der Waals surface area contributed by atoms with Gasteiger partial charge in [-0.05, 0) is 30.4 Å². The van der Waals surface area contributed by atoms with Gasteiger partial charge in [-0.3, -0.25) is 0 Å². The fourth-order valence-corrected chi connectivity index (χ4v) is 2.72. The maximum Gasteiger partial charge on any atom is 0.228 e. The van der Waals surface area contributed by atoms with Crippen LogP contribution in [0.15, 0.2) is 24.3 Å². The molecule has 0 saturated heterocycles. The molecule has 0 unspecified atom stereocenters. The van der Waals surface area contributed by atoms with E-state index in [-0.39, 0.29) is 12.0 Å². The summed E-state index contributed by atoms with van der Waals surface area (Å²) in [5.74, 6) is 1.59. The van der Waals surface area contributed by atoms with Crippen LogP contribution >= 0.6 is 0 Å². The summed E-state index contributed by atoms with van der Waals surface area (Å²) in [6.45, 7) is 2.01. The molecule has 3 N–H and O–H groups in total. The Bertz CT molecular complexity index is 611. The number of nitrogen functional groups attached to an aromatic ring is 1. The number of nitrogens with zero attached hydrogens (tertiary/aromatic N) is 3. The molecule has 0 amide bonds. The van der Waals surface area contributed by atoms with Crippen LogP contribution in [0.2, 0.25) is 0 Å². The molecule has 0 aliphatic heterocycles. The van der Waals surface area contributed by atoms with Crippen LogP contribution in [-0.4, -0.2) is 15.0 Å². The van der Waals surface area contributed by atoms with Crippen LogP contribution in [-0.2, 0) is 12.8 Å². The predicted molar refractivity (Wildman–Crippen MR) is 79.4 cm³/mol. The number of nitrogens with two attached hydrogens (primary N) is 1. The first-order chi connectivity index (χ1) is 9.76. The van der Waals surface area contributed by atoms with Gasteiger partial charge in [-0.15, -0.1) is 0 Å². The van der Waals surface area contributed by atoms with E-state index in [0.717, 1.165) is 25.1 Å². The second-order valence-electron chi connectivity index (χ2n) is 5.07. The number of nitrogens with one attached hydrogen (secondary N) is 1. The number of aromatic nitrogens is 3. The van der Waals surface area contributed by atoms with Gasteiger partial charge in [-0.2, -0.15) is 15.0 Å². The topological polar surface area (TPSA) is 76.7 Å². The maximum absolute atomic E-state index is 5.73. The van der Waals surface area contributed by atoms with Gasteiger partial charge in [0.1, 0.15) is 5.82 Å². The molecular weight excluding hydrogens is 250 g/mol. The third kappa shape index (κ3) is 2.57. The molecule has 0 bridgehead atoms. The van der Waals surface area contributed by atoms with Crippen LogP contribution in [0.3, 0.4) is 0 Å². The second kappa shape index (κ2) is 5.45. The summed E-state index contributed by atoms with van der Waals surface area (Å²) in [5, 5.41) is 3.41. The Morgan fingerprint density at radius 1 is 1.25 bits per heavy atom. The summed E-state index contributed by atoms with van der Waals surface area (Å²) in [7, 11) is 0. The van der Waals surface area contributed by atoms with Crippen molar-refractivity contribution >= 4 is 11.9 Å². The largest absolute Gasteiger partial charge is 0.368 e. The number of hydrogen-bond acceptors (Lipinski definition) is 5. The molecule has 0 saturated carbocycles. The highest BCUT2D eigenvalue weighted by Crippen LogP contribution is 2.31. The number of benzene rings is 1. The quantitative estimate of drug-likeness (QED) is 0.895. The Kier molecular flexibility index (Phi) is 3.50. The van der Waals surface area contributed by atoms with E-state index in [1.807, 2.05) is 6.92 Å². The Morgan fingerprint density at radius 2 is 2.10 bits per heavy atom. The third-order valence-corrected chi connectivity index (χ3v) is 3.69. The molecular formula is C15H19N5. The first-order valence-corrected chi connectivity index (χ1v) is 7.11. The molecule has 104 valence electrons. The van der Waals surface area contributed by atoms with E-state index in [9.17, 15) is 0 Å². The minimum absolute atomic E-state index is 0.256. The Labute approximate surface area is 118 Å². The molecule has 1 aliphatic rings. The van der Waals surface area contributed by atoms with Gasteiger partial charge in [0.2, 0.25) is 11.9 Å². The summed E-state index contributed by atoms with van der Waals surface area (Å²) in [6.07, 6.45) is 4.16. The molecule has 0 spiro atoms. The first kappa shape index (κ1) is 12.8. The predicted octanol–water partition coefficient (Wildman–Crippen LogP) is 2.51. The average Bonchev–Trinajstić information content (AvgIpc) is 2.47. The first-order valence-electron chi connectivity index (χ1n) is 7.11. The van der Waals surface area contributed by atoms with Crippen molar-refractivity contribution in [3.05, 3.63) is 41.2 Å². The standard InChI is InChI=1S/C15H19N5/c1-2-13-18-14(16)20-15(19-13)17-12-9-5-7-10-6-3-4-8-11(10)12/h3-4,6,8,12H,2,5,7,9H2,1H3,(H3,16,17,18,19,20)/t12-/m1/s1. The van der Waals surface area contributed by atoms with Crippen molar-refractivity contribution in [2.75, 3.05) is 11.1 Å². The molecule has 1 aromatic heterocycles. The van der Waals surface area contributed by atoms with Crippen molar-refractivity contribution in [1.29, 1.82) is 0 Å². The summed E-state index contributed by atoms with van der Waals surface area (Å²) < 4.78 is 0. The summed E-state index contributed by atoms with van der Waals surface area (Å²) in [6, 6.07) is 8.81. The monoisotopic (exact) mass is 269 g/mol. The molecule has 1 heterocycles. The Balaban J connectivity index is 1.87. The van der Waals surface area contributed by atoms with Crippen LogP contribution in [0.1, 0.15) is 42.8 Å². The minimum atomic E-state index is 0.256. The lowest BCUT2D eigenvalue weighted by Gasteiger charge is -2.26. The van der Waals surface area contributed by atoms with Crippen molar-refractivity contribution in [2.24, 2.45) is 0 Å². The number of rotatable bonds is 3. The number of aryl methyl sites for hydroxylation is 2. The fraction of sp³-hybridized carbons (Fsp3) is 0.400. The van der Waals surface area contributed by atoms with Crippen LogP contribution in [0.4, 0.5) is 11.9 Å². The zero-order valence-electron chi connectivity index (χ0n) is 11.6. The second-order valence-corrected chi connectivity index (χ2v) is 5.07. The van der Waals surface area contributed by atoms with E-state index >= 15 is 0 Å². The lowest BCUT2D eigenvalue weighted by molar-refractivity contribution is 0.595. The lowest BCUT2D eigenvalue weighted by Crippen LogP contribution is -2.19. The molecule has 20 heavy (non-hydrogen) atoms. The molecule has 1 aliphatic carbocycles. The maximum atomic E-state index is 5.73. The average molecular weight is 269 g/mol. The van der Waals surface area contributed by atoms with Gasteiger partial charge in [0.05, 0.1) is 6.04 Å². The Hall–Kier alpha value is -2.17. The highest BCUT2D eigenvalue weighted by atomic mass is 15.2. The molecule has 0 fully saturated rings. The van der Waals surface area contributed by atoms with Gasteiger partial charge >= 0.3 is 0 Å². The number of fused-ring (bicyclic) bond motifs is 1. The summed E-state index contributed by atoms with van der Waals surface area (Å²) in [4.78, 5) is 12.7. The van der Waals surface area contributed by atoms with Crippen LogP contribution in [0, 0.1) is 0 Å². The number of anilines is 2. The van der Waals surface area contributed by atoms with Gasteiger partial charge in [0, 0.05) is 6.42 Å². The third-order valence-electron chi connectivity index (χ3n) is 3.69. The minimum Gasteiger partial charge on any atom is -0.368 e. The zero-order chi connectivity index (χ0) is 13.9. The normalized spacial score (nSPS) is 17.6. The van der Waals surface area contributed by atoms with Crippen molar-refractivity contribution in [3.8, 4) is 0 Å². The van der Waals surface area contributed by atoms with E-state index < -0.39 is 0 Å². The lowest BCUT2D eigenvalue weighted by atomic mass is 9.88. The number of hydrogen-bond donors (Lipinski definition) is 2. The highest BCUT2D eigenvalue weighted by Gasteiger charge is 2.20.